The van der Waals surface area contributed by atoms with E-state index in [1.54, 1.807) is 24.3 Å². The molecule has 0 atom stereocenters. The Bertz CT molecular complexity index is 1300. The summed E-state index contributed by atoms with van der Waals surface area (Å²) >= 11 is 6.24. The molecule has 0 bridgehead atoms. The third-order valence-electron chi connectivity index (χ3n) is 5.34. The topological polar surface area (TPSA) is 84.3 Å². The predicted molar refractivity (Wildman–Crippen MR) is 128 cm³/mol. The number of rotatable bonds is 5. The van der Waals surface area contributed by atoms with Crippen molar-refractivity contribution in [1.82, 2.24) is 9.78 Å². The van der Waals surface area contributed by atoms with Gasteiger partial charge in [0.05, 0.1) is 33.5 Å². The Morgan fingerprint density at radius 2 is 1.88 bits per heavy atom. The number of carbonyl (C=O) groups is 1. The minimum atomic E-state index is -3.32. The fraction of sp³-hybridized carbons (Fsp3) is 0.217. The van der Waals surface area contributed by atoms with Crippen LogP contribution in [0.15, 0.2) is 54.6 Å². The number of nitrogens with zero attached hydrogens (tertiary/aromatic N) is 3. The smallest absolute Gasteiger partial charge is 0.248 e. The Labute approximate surface area is 192 Å². The molecule has 0 spiro atoms. The van der Waals surface area contributed by atoms with Gasteiger partial charge in [-0.25, -0.2) is 13.1 Å². The Kier molecular flexibility index (Phi) is 6.08. The molecule has 166 valence electrons. The van der Waals surface area contributed by atoms with Crippen molar-refractivity contribution >= 4 is 45.0 Å². The van der Waals surface area contributed by atoms with E-state index in [1.807, 2.05) is 48.9 Å². The van der Waals surface area contributed by atoms with E-state index in [0.29, 0.717) is 29.4 Å². The predicted octanol–water partition coefficient (Wildman–Crippen LogP) is 4.33. The second-order valence-electron chi connectivity index (χ2n) is 7.56. The van der Waals surface area contributed by atoms with Crippen LogP contribution in [0.25, 0.3) is 11.8 Å². The van der Waals surface area contributed by atoms with Crippen molar-refractivity contribution < 1.29 is 13.2 Å². The average Bonchev–Trinajstić information content (AvgIpc) is 3.26. The molecule has 0 saturated carbocycles. The zero-order valence-electron chi connectivity index (χ0n) is 17.7. The SMILES string of the molecule is Cc1nn(-c2ccccc2)c(C)c1/C=C/C(=O)Nc1cc(N2CCCS2(=O)=O)ccc1Cl. The highest BCUT2D eigenvalue weighted by molar-refractivity contribution is 7.93. The van der Waals surface area contributed by atoms with Gasteiger partial charge in [0.1, 0.15) is 0 Å². The summed E-state index contributed by atoms with van der Waals surface area (Å²) in [4.78, 5) is 12.6. The summed E-state index contributed by atoms with van der Waals surface area (Å²) in [7, 11) is -3.32. The van der Waals surface area contributed by atoms with Gasteiger partial charge in [0.25, 0.3) is 0 Å². The molecule has 1 aliphatic rings. The number of hydrogen-bond donors (Lipinski definition) is 1. The normalized spacial score (nSPS) is 15.4. The molecular weight excluding hydrogens is 448 g/mol. The van der Waals surface area contributed by atoms with E-state index in [1.165, 1.54) is 10.4 Å². The molecule has 3 aromatic rings. The molecule has 0 unspecified atom stereocenters. The van der Waals surface area contributed by atoms with Gasteiger partial charge in [-0.2, -0.15) is 5.10 Å². The Hall–Kier alpha value is -3.10. The molecule has 1 fully saturated rings. The zero-order valence-corrected chi connectivity index (χ0v) is 19.3. The average molecular weight is 471 g/mol. The van der Waals surface area contributed by atoms with Gasteiger partial charge in [0, 0.05) is 23.9 Å². The molecule has 1 saturated heterocycles. The summed E-state index contributed by atoms with van der Waals surface area (Å²) in [5.41, 5.74) is 4.35. The first-order valence-corrected chi connectivity index (χ1v) is 12.2. The highest BCUT2D eigenvalue weighted by Gasteiger charge is 2.28. The standard InChI is InChI=1S/C23H23ClN4O3S/c1-16-20(17(2)28(26-16)18-7-4-3-5-8-18)10-12-23(29)25-22-15-19(9-11-21(22)24)27-13-6-14-32(27,30)31/h3-5,7-12,15H,6,13-14H2,1-2H3,(H,25,29)/b12-10+. The number of halogens is 1. The second-order valence-corrected chi connectivity index (χ2v) is 9.98. The van der Waals surface area contributed by atoms with E-state index < -0.39 is 10.0 Å². The Morgan fingerprint density at radius 3 is 2.56 bits per heavy atom. The number of nitrogens with one attached hydrogen (secondary N) is 1. The van der Waals surface area contributed by atoms with Crippen molar-refractivity contribution in [1.29, 1.82) is 0 Å². The van der Waals surface area contributed by atoms with Gasteiger partial charge in [0.15, 0.2) is 0 Å². The van der Waals surface area contributed by atoms with Crippen molar-refractivity contribution in [3.8, 4) is 5.69 Å². The van der Waals surface area contributed by atoms with Crippen molar-refractivity contribution in [2.24, 2.45) is 0 Å². The lowest BCUT2D eigenvalue weighted by molar-refractivity contribution is -0.111. The van der Waals surface area contributed by atoms with E-state index >= 15 is 0 Å². The van der Waals surface area contributed by atoms with Crippen LogP contribution < -0.4 is 9.62 Å². The van der Waals surface area contributed by atoms with Crippen molar-refractivity contribution in [2.75, 3.05) is 21.9 Å². The number of aromatic nitrogens is 2. The number of sulfonamides is 1. The molecule has 4 rings (SSSR count). The zero-order chi connectivity index (χ0) is 22.9. The molecule has 32 heavy (non-hydrogen) atoms. The molecule has 1 amide bonds. The van der Waals surface area contributed by atoms with Crippen LogP contribution in [0.3, 0.4) is 0 Å². The molecule has 0 radical (unpaired) electrons. The fourth-order valence-corrected chi connectivity index (χ4v) is 5.46. The molecule has 1 aromatic heterocycles. The van der Waals surface area contributed by atoms with Crippen LogP contribution >= 0.6 is 11.6 Å². The van der Waals surface area contributed by atoms with Crippen LogP contribution in [0.5, 0.6) is 0 Å². The highest BCUT2D eigenvalue weighted by Crippen LogP contribution is 2.31. The first kappa shape index (κ1) is 22.1. The number of benzene rings is 2. The maximum Gasteiger partial charge on any atom is 0.248 e. The van der Waals surface area contributed by atoms with Crippen LogP contribution in [-0.4, -0.2) is 36.4 Å². The third-order valence-corrected chi connectivity index (χ3v) is 7.54. The molecule has 7 nitrogen and oxygen atoms in total. The Balaban J connectivity index is 1.54. The number of amides is 1. The lowest BCUT2D eigenvalue weighted by atomic mass is 10.2. The molecule has 2 aromatic carbocycles. The van der Waals surface area contributed by atoms with E-state index in [9.17, 15) is 13.2 Å². The second kappa shape index (κ2) is 8.80. The Morgan fingerprint density at radius 1 is 1.12 bits per heavy atom. The van der Waals surface area contributed by atoms with Gasteiger partial charge in [-0.3, -0.25) is 9.10 Å². The van der Waals surface area contributed by atoms with Crippen molar-refractivity contribution in [2.45, 2.75) is 20.3 Å². The monoisotopic (exact) mass is 470 g/mol. The summed E-state index contributed by atoms with van der Waals surface area (Å²) < 4.78 is 27.6. The summed E-state index contributed by atoms with van der Waals surface area (Å²) in [5.74, 6) is -0.255. The van der Waals surface area contributed by atoms with Gasteiger partial charge in [0.2, 0.25) is 15.9 Å². The number of aryl methyl sites for hydroxylation is 1. The molecule has 1 aliphatic heterocycles. The van der Waals surface area contributed by atoms with Crippen LogP contribution in [0, 0.1) is 13.8 Å². The van der Waals surface area contributed by atoms with Gasteiger partial charge < -0.3 is 5.32 Å². The van der Waals surface area contributed by atoms with E-state index in [2.05, 4.69) is 10.4 Å². The number of anilines is 2. The molecule has 2 heterocycles. The van der Waals surface area contributed by atoms with Gasteiger partial charge in [-0.1, -0.05) is 29.8 Å². The summed E-state index contributed by atoms with van der Waals surface area (Å²) in [6.07, 6.45) is 3.71. The molecule has 0 aliphatic carbocycles. The molecule has 1 N–H and O–H groups in total. The van der Waals surface area contributed by atoms with E-state index in [-0.39, 0.29) is 11.7 Å². The van der Waals surface area contributed by atoms with E-state index in [4.69, 9.17) is 11.6 Å². The van der Waals surface area contributed by atoms with E-state index in [0.717, 1.165) is 22.6 Å². The highest BCUT2D eigenvalue weighted by atomic mass is 35.5. The third kappa shape index (κ3) is 4.42. The van der Waals surface area contributed by atoms with Gasteiger partial charge in [-0.15, -0.1) is 0 Å². The molecule has 9 heteroatoms. The minimum absolute atomic E-state index is 0.120. The van der Waals surface area contributed by atoms with Crippen LogP contribution in [-0.2, 0) is 14.8 Å². The van der Waals surface area contributed by atoms with Crippen molar-refractivity contribution in [3.63, 3.8) is 0 Å². The lowest BCUT2D eigenvalue weighted by Crippen LogP contribution is -2.25. The minimum Gasteiger partial charge on any atom is -0.321 e. The van der Waals surface area contributed by atoms with Crippen molar-refractivity contribution in [3.05, 3.63) is 76.6 Å². The molecular formula is C23H23ClN4O3S. The number of carbonyl (C=O) groups excluding carboxylic acids is 1. The van der Waals surface area contributed by atoms with Crippen LogP contribution in [0.1, 0.15) is 23.4 Å². The van der Waals surface area contributed by atoms with Gasteiger partial charge in [-0.05, 0) is 56.7 Å². The lowest BCUT2D eigenvalue weighted by Gasteiger charge is -2.18. The largest absolute Gasteiger partial charge is 0.321 e. The quantitative estimate of drug-likeness (QED) is 0.562. The number of para-hydroxylation sites is 1. The summed E-state index contributed by atoms with van der Waals surface area (Å²) in [6, 6.07) is 14.6. The first-order chi connectivity index (χ1) is 15.3. The van der Waals surface area contributed by atoms with Gasteiger partial charge >= 0.3 is 0 Å². The fourth-order valence-electron chi connectivity index (χ4n) is 3.74. The number of hydrogen-bond acceptors (Lipinski definition) is 4. The maximum atomic E-state index is 12.6. The maximum absolute atomic E-state index is 12.6. The summed E-state index contributed by atoms with van der Waals surface area (Å²) in [6.45, 7) is 4.25. The van der Waals surface area contributed by atoms with Crippen LogP contribution in [0.2, 0.25) is 5.02 Å². The summed E-state index contributed by atoms with van der Waals surface area (Å²) in [5, 5.41) is 7.65. The first-order valence-electron chi connectivity index (χ1n) is 10.2. The van der Waals surface area contributed by atoms with Crippen LogP contribution in [0.4, 0.5) is 11.4 Å².